The van der Waals surface area contributed by atoms with Gasteiger partial charge in [0.15, 0.2) is 0 Å². The predicted octanol–water partition coefficient (Wildman–Crippen LogP) is 0.918. The van der Waals surface area contributed by atoms with Gasteiger partial charge < -0.3 is 20.3 Å². The van der Waals surface area contributed by atoms with Crippen LogP contribution < -0.4 is 10.1 Å². The smallest absolute Gasteiger partial charge is 0.119 e. The highest BCUT2D eigenvalue weighted by Crippen LogP contribution is 2.15. The van der Waals surface area contributed by atoms with Crippen LogP contribution in [0.25, 0.3) is 0 Å². The maximum Gasteiger partial charge on any atom is 0.119 e. The fraction of sp³-hybridized carbons (Fsp3) is 0.538. The van der Waals surface area contributed by atoms with Crippen molar-refractivity contribution in [3.63, 3.8) is 0 Å². The molecule has 0 aliphatic carbocycles. The van der Waals surface area contributed by atoms with Gasteiger partial charge in [0.25, 0.3) is 0 Å². The quantitative estimate of drug-likeness (QED) is 0.662. The molecule has 17 heavy (non-hydrogen) atoms. The molecule has 1 aromatic carbocycles. The van der Waals surface area contributed by atoms with Gasteiger partial charge in [-0.3, -0.25) is 0 Å². The number of hydrogen-bond donors (Lipinski definition) is 3. The number of nitrogens with one attached hydrogen (secondary N) is 1. The van der Waals surface area contributed by atoms with Crippen LogP contribution in [0.2, 0.25) is 0 Å². The second-order valence-corrected chi connectivity index (χ2v) is 4.37. The second-order valence-electron chi connectivity index (χ2n) is 4.37. The fourth-order valence-electron chi connectivity index (χ4n) is 1.42. The summed E-state index contributed by atoms with van der Waals surface area (Å²) in [5.41, 5.74) is -0.0978. The number of hydrogen-bond acceptors (Lipinski definition) is 4. The first-order valence-electron chi connectivity index (χ1n) is 5.83. The van der Waals surface area contributed by atoms with Crippen LogP contribution in [0, 0.1) is 0 Å². The van der Waals surface area contributed by atoms with Gasteiger partial charge in [-0.1, -0.05) is 19.1 Å². The maximum atomic E-state index is 10.00. The summed E-state index contributed by atoms with van der Waals surface area (Å²) < 4.78 is 5.51. The molecule has 0 saturated heterocycles. The van der Waals surface area contributed by atoms with E-state index in [4.69, 9.17) is 9.84 Å². The van der Waals surface area contributed by atoms with Crippen molar-refractivity contribution in [1.82, 2.24) is 5.32 Å². The zero-order valence-corrected chi connectivity index (χ0v) is 10.4. The van der Waals surface area contributed by atoms with E-state index < -0.39 is 5.60 Å². The number of benzene rings is 1. The first-order chi connectivity index (χ1) is 8.07. The highest BCUT2D eigenvalue weighted by molar-refractivity contribution is 5.28. The summed E-state index contributed by atoms with van der Waals surface area (Å²) in [6.07, 6.45) is 0. The van der Waals surface area contributed by atoms with Crippen LogP contribution >= 0.6 is 0 Å². The van der Waals surface area contributed by atoms with Crippen LogP contribution in [0.5, 0.6) is 5.75 Å². The van der Waals surface area contributed by atoms with Gasteiger partial charge in [0, 0.05) is 6.54 Å². The van der Waals surface area contributed by atoms with Crippen molar-refractivity contribution in [2.75, 3.05) is 19.7 Å². The van der Waals surface area contributed by atoms with Gasteiger partial charge >= 0.3 is 0 Å². The first-order valence-corrected chi connectivity index (χ1v) is 5.83. The molecule has 96 valence electrons. The lowest BCUT2D eigenvalue weighted by molar-refractivity contribution is 0.0127. The van der Waals surface area contributed by atoms with Crippen molar-refractivity contribution in [1.29, 1.82) is 0 Å². The molecule has 1 unspecified atom stereocenters. The normalized spacial score (nSPS) is 14.4. The van der Waals surface area contributed by atoms with E-state index in [9.17, 15) is 5.11 Å². The van der Waals surface area contributed by atoms with E-state index in [1.807, 2.05) is 25.1 Å². The molecule has 3 N–H and O–H groups in total. The minimum Gasteiger partial charge on any atom is -0.491 e. The largest absolute Gasteiger partial charge is 0.491 e. The van der Waals surface area contributed by atoms with Crippen LogP contribution in [0.4, 0.5) is 0 Å². The van der Waals surface area contributed by atoms with Crippen LogP contribution in [-0.4, -0.2) is 35.5 Å². The molecule has 0 radical (unpaired) electrons. The van der Waals surface area contributed by atoms with Gasteiger partial charge in [-0.25, -0.2) is 0 Å². The summed E-state index contributed by atoms with van der Waals surface area (Å²) >= 11 is 0. The molecule has 0 saturated carbocycles. The van der Waals surface area contributed by atoms with E-state index in [-0.39, 0.29) is 13.2 Å². The number of aliphatic hydroxyl groups excluding tert-OH is 1. The number of rotatable bonds is 7. The first kappa shape index (κ1) is 14.0. The standard InChI is InChI=1S/C13H21NO3/c1-3-14-9-13(2,16)10-17-12-6-4-5-11(7-12)8-15/h4-7,14-16H,3,8-10H2,1-2H3. The summed E-state index contributed by atoms with van der Waals surface area (Å²) in [5, 5.41) is 22.1. The Morgan fingerprint density at radius 2 is 2.18 bits per heavy atom. The minimum absolute atomic E-state index is 0.00895. The van der Waals surface area contributed by atoms with Crippen LogP contribution in [-0.2, 0) is 6.61 Å². The summed E-state index contributed by atoms with van der Waals surface area (Å²) in [7, 11) is 0. The molecular weight excluding hydrogens is 218 g/mol. The molecule has 0 aliphatic rings. The number of ether oxygens (including phenoxy) is 1. The van der Waals surface area contributed by atoms with Crippen molar-refractivity contribution in [3.05, 3.63) is 29.8 Å². The monoisotopic (exact) mass is 239 g/mol. The molecule has 1 atom stereocenters. The molecule has 0 spiro atoms. The van der Waals surface area contributed by atoms with Gasteiger partial charge in [-0.05, 0) is 31.2 Å². The van der Waals surface area contributed by atoms with Gasteiger partial charge in [0.2, 0.25) is 0 Å². The SMILES string of the molecule is CCNCC(C)(O)COc1cccc(CO)c1. The van der Waals surface area contributed by atoms with Crippen molar-refractivity contribution in [3.8, 4) is 5.75 Å². The van der Waals surface area contributed by atoms with Crippen molar-refractivity contribution >= 4 is 0 Å². The third kappa shape index (κ3) is 5.17. The highest BCUT2D eigenvalue weighted by atomic mass is 16.5. The lowest BCUT2D eigenvalue weighted by Gasteiger charge is -2.23. The molecule has 0 fully saturated rings. The Kier molecular flexibility index (Phi) is 5.41. The molecular formula is C13H21NO3. The fourth-order valence-corrected chi connectivity index (χ4v) is 1.42. The maximum absolute atomic E-state index is 10.00. The van der Waals surface area contributed by atoms with Gasteiger partial charge in [-0.15, -0.1) is 0 Å². The summed E-state index contributed by atoms with van der Waals surface area (Å²) in [6, 6.07) is 7.22. The summed E-state index contributed by atoms with van der Waals surface area (Å²) in [5.74, 6) is 0.660. The minimum atomic E-state index is -0.898. The average Bonchev–Trinajstić information content (AvgIpc) is 2.34. The zero-order valence-electron chi connectivity index (χ0n) is 10.4. The van der Waals surface area contributed by atoms with E-state index in [0.717, 1.165) is 12.1 Å². The van der Waals surface area contributed by atoms with Crippen LogP contribution in [0.3, 0.4) is 0 Å². The molecule has 0 heterocycles. The van der Waals surface area contributed by atoms with E-state index in [2.05, 4.69) is 5.32 Å². The molecule has 1 rings (SSSR count). The molecule has 0 bridgehead atoms. The van der Waals surface area contributed by atoms with E-state index >= 15 is 0 Å². The number of likely N-dealkylation sites (N-methyl/N-ethyl adjacent to an activating group) is 1. The third-order valence-corrected chi connectivity index (χ3v) is 2.39. The van der Waals surface area contributed by atoms with E-state index in [1.54, 1.807) is 13.0 Å². The van der Waals surface area contributed by atoms with Gasteiger partial charge in [0.1, 0.15) is 18.0 Å². The molecule has 4 nitrogen and oxygen atoms in total. The average molecular weight is 239 g/mol. The Balaban J connectivity index is 2.48. The zero-order chi connectivity index (χ0) is 12.7. The second kappa shape index (κ2) is 6.59. The lowest BCUT2D eigenvalue weighted by Crippen LogP contribution is -2.42. The number of aliphatic hydroxyl groups is 2. The molecule has 0 aromatic heterocycles. The van der Waals surface area contributed by atoms with Crippen LogP contribution in [0.15, 0.2) is 24.3 Å². The third-order valence-electron chi connectivity index (χ3n) is 2.39. The Morgan fingerprint density at radius 1 is 1.41 bits per heavy atom. The Hall–Kier alpha value is -1.10. The van der Waals surface area contributed by atoms with Gasteiger partial charge in [-0.2, -0.15) is 0 Å². The molecule has 0 aliphatic heterocycles. The Labute approximate surface area is 102 Å². The predicted molar refractivity (Wildman–Crippen MR) is 67.0 cm³/mol. The molecule has 0 amide bonds. The molecule has 1 aromatic rings. The Morgan fingerprint density at radius 3 is 2.82 bits per heavy atom. The van der Waals surface area contributed by atoms with Gasteiger partial charge in [0.05, 0.1) is 6.61 Å². The highest BCUT2D eigenvalue weighted by Gasteiger charge is 2.20. The summed E-state index contributed by atoms with van der Waals surface area (Å²) in [4.78, 5) is 0. The summed E-state index contributed by atoms with van der Waals surface area (Å²) in [6.45, 7) is 5.23. The lowest BCUT2D eigenvalue weighted by atomic mass is 10.1. The van der Waals surface area contributed by atoms with Crippen molar-refractivity contribution in [2.45, 2.75) is 26.1 Å². The van der Waals surface area contributed by atoms with Crippen molar-refractivity contribution < 1.29 is 14.9 Å². The molecule has 4 heteroatoms. The van der Waals surface area contributed by atoms with E-state index in [1.165, 1.54) is 0 Å². The van der Waals surface area contributed by atoms with E-state index in [0.29, 0.717) is 12.3 Å². The topological polar surface area (TPSA) is 61.7 Å². The van der Waals surface area contributed by atoms with Crippen LogP contribution in [0.1, 0.15) is 19.4 Å². The Bertz CT molecular complexity index is 339. The van der Waals surface area contributed by atoms with Crippen molar-refractivity contribution in [2.24, 2.45) is 0 Å².